The fraction of sp³-hybridized carbons (Fsp3) is 0.250. The molecule has 8 nitrogen and oxygen atoms in total. The molecule has 0 aliphatic heterocycles. The molecule has 0 spiro atoms. The van der Waals surface area contributed by atoms with Crippen LogP contribution in [0.4, 0.5) is 11.4 Å². The lowest BCUT2D eigenvalue weighted by Crippen LogP contribution is -2.47. The quantitative estimate of drug-likeness (QED) is 0.382. The van der Waals surface area contributed by atoms with E-state index in [9.17, 15) is 14.4 Å². The fourth-order valence-electron chi connectivity index (χ4n) is 3.50. The highest BCUT2D eigenvalue weighted by atomic mass is 16.5. The Balaban J connectivity index is 1.71. The number of carbonyl (C=O) groups excluding carboxylic acids is 3. The van der Waals surface area contributed by atoms with Crippen LogP contribution in [0, 0.1) is 5.92 Å². The summed E-state index contributed by atoms with van der Waals surface area (Å²) in [5.74, 6) is -0.0280. The monoisotopic (exact) mass is 489 g/mol. The molecular weight excluding hydrogens is 458 g/mol. The average molecular weight is 490 g/mol. The maximum Gasteiger partial charge on any atom is 0.255 e. The first-order chi connectivity index (χ1) is 17.3. The van der Waals surface area contributed by atoms with E-state index in [1.54, 1.807) is 79.9 Å². The van der Waals surface area contributed by atoms with Crippen molar-refractivity contribution in [1.82, 2.24) is 5.32 Å². The Bertz CT molecular complexity index is 1190. The van der Waals surface area contributed by atoms with E-state index in [0.717, 1.165) is 0 Å². The van der Waals surface area contributed by atoms with E-state index >= 15 is 0 Å². The predicted octanol–water partition coefficient (Wildman–Crippen LogP) is 4.74. The number of benzene rings is 3. The summed E-state index contributed by atoms with van der Waals surface area (Å²) < 4.78 is 10.5. The Kier molecular flexibility index (Phi) is 9.05. The lowest BCUT2D eigenvalue weighted by atomic mass is 10.0. The summed E-state index contributed by atoms with van der Waals surface area (Å²) in [7, 11) is 1.55. The van der Waals surface area contributed by atoms with E-state index in [2.05, 4.69) is 16.0 Å². The number of ether oxygens (including phenoxy) is 2. The average Bonchev–Trinajstić information content (AvgIpc) is 2.88. The van der Waals surface area contributed by atoms with Gasteiger partial charge in [0.05, 0.1) is 25.0 Å². The number of hydrogen-bond donors (Lipinski definition) is 3. The SMILES string of the molecule is CCOc1ccc(NC(=O)[C@H](NC(=O)c2ccccc2NC(=O)c2ccc(OC)cc2)C(C)C)cc1. The first-order valence-corrected chi connectivity index (χ1v) is 11.7. The molecule has 3 N–H and O–H groups in total. The minimum atomic E-state index is -0.797. The van der Waals surface area contributed by atoms with E-state index in [1.807, 2.05) is 20.8 Å². The standard InChI is InChI=1S/C28H31N3O5/c1-5-36-22-16-12-20(13-17-22)29-28(34)25(18(2)3)31-27(33)23-8-6-7-9-24(23)30-26(32)19-10-14-21(35-4)15-11-19/h6-18,25H,5H2,1-4H3,(H,29,34)(H,30,32)(H,31,33)/t25-/m1/s1. The second-order valence-electron chi connectivity index (χ2n) is 8.37. The van der Waals surface area contributed by atoms with Gasteiger partial charge in [-0.15, -0.1) is 0 Å². The number of methoxy groups -OCH3 is 1. The molecule has 0 bridgehead atoms. The van der Waals surface area contributed by atoms with Crippen molar-refractivity contribution in [3.05, 3.63) is 83.9 Å². The Morgan fingerprint density at radius 3 is 2.06 bits per heavy atom. The predicted molar refractivity (Wildman–Crippen MR) is 140 cm³/mol. The minimum absolute atomic E-state index is 0.183. The number of para-hydroxylation sites is 1. The summed E-state index contributed by atoms with van der Waals surface area (Å²) in [5.41, 5.74) is 1.60. The lowest BCUT2D eigenvalue weighted by molar-refractivity contribution is -0.118. The summed E-state index contributed by atoms with van der Waals surface area (Å²) in [5, 5.41) is 8.43. The van der Waals surface area contributed by atoms with Gasteiger partial charge >= 0.3 is 0 Å². The van der Waals surface area contributed by atoms with Crippen LogP contribution in [-0.2, 0) is 4.79 Å². The molecule has 0 aromatic heterocycles. The summed E-state index contributed by atoms with van der Waals surface area (Å²) >= 11 is 0. The molecule has 3 aromatic rings. The van der Waals surface area contributed by atoms with E-state index < -0.39 is 11.9 Å². The van der Waals surface area contributed by atoms with Crippen LogP contribution in [0.1, 0.15) is 41.5 Å². The zero-order valence-corrected chi connectivity index (χ0v) is 20.8. The summed E-state index contributed by atoms with van der Waals surface area (Å²) in [4.78, 5) is 38.9. The Labute approximate surface area is 211 Å². The lowest BCUT2D eigenvalue weighted by Gasteiger charge is -2.22. The molecule has 0 aliphatic rings. The number of carbonyl (C=O) groups is 3. The van der Waals surface area contributed by atoms with Gasteiger partial charge in [0, 0.05) is 11.3 Å². The van der Waals surface area contributed by atoms with Crippen molar-refractivity contribution < 1.29 is 23.9 Å². The van der Waals surface area contributed by atoms with Gasteiger partial charge < -0.3 is 25.4 Å². The number of rotatable bonds is 10. The first kappa shape index (κ1) is 26.3. The zero-order valence-electron chi connectivity index (χ0n) is 20.8. The van der Waals surface area contributed by atoms with E-state index in [0.29, 0.717) is 35.0 Å². The molecule has 36 heavy (non-hydrogen) atoms. The van der Waals surface area contributed by atoms with Gasteiger partial charge in [-0.05, 0) is 73.5 Å². The number of amides is 3. The molecular formula is C28H31N3O5. The topological polar surface area (TPSA) is 106 Å². The maximum atomic E-state index is 13.2. The number of nitrogens with one attached hydrogen (secondary N) is 3. The minimum Gasteiger partial charge on any atom is -0.497 e. The highest BCUT2D eigenvalue weighted by molar-refractivity contribution is 6.10. The largest absolute Gasteiger partial charge is 0.497 e. The van der Waals surface area contributed by atoms with E-state index in [-0.39, 0.29) is 23.3 Å². The van der Waals surface area contributed by atoms with Crippen LogP contribution >= 0.6 is 0 Å². The molecule has 0 heterocycles. The highest BCUT2D eigenvalue weighted by Crippen LogP contribution is 2.20. The normalized spacial score (nSPS) is 11.4. The second kappa shape index (κ2) is 12.4. The van der Waals surface area contributed by atoms with Crippen LogP contribution < -0.4 is 25.4 Å². The van der Waals surface area contributed by atoms with Crippen LogP contribution in [0.3, 0.4) is 0 Å². The van der Waals surface area contributed by atoms with Crippen molar-refractivity contribution in [2.75, 3.05) is 24.4 Å². The molecule has 0 saturated heterocycles. The van der Waals surface area contributed by atoms with Crippen molar-refractivity contribution in [2.45, 2.75) is 26.8 Å². The Morgan fingerprint density at radius 1 is 0.806 bits per heavy atom. The summed E-state index contributed by atoms with van der Waals surface area (Å²) in [6.07, 6.45) is 0. The van der Waals surface area contributed by atoms with E-state index in [4.69, 9.17) is 9.47 Å². The van der Waals surface area contributed by atoms with Crippen LogP contribution in [0.25, 0.3) is 0 Å². The third-order valence-corrected chi connectivity index (χ3v) is 5.44. The van der Waals surface area contributed by atoms with Crippen LogP contribution in [0.15, 0.2) is 72.8 Å². The molecule has 188 valence electrons. The molecule has 0 unspecified atom stereocenters. The highest BCUT2D eigenvalue weighted by Gasteiger charge is 2.26. The van der Waals surface area contributed by atoms with Crippen LogP contribution in [-0.4, -0.2) is 37.5 Å². The van der Waals surface area contributed by atoms with Gasteiger partial charge in [0.2, 0.25) is 5.91 Å². The molecule has 0 aliphatic carbocycles. The maximum absolute atomic E-state index is 13.2. The van der Waals surface area contributed by atoms with Gasteiger partial charge in [-0.2, -0.15) is 0 Å². The molecule has 8 heteroatoms. The van der Waals surface area contributed by atoms with Crippen molar-refractivity contribution in [3.8, 4) is 11.5 Å². The smallest absolute Gasteiger partial charge is 0.255 e. The molecule has 1 atom stereocenters. The zero-order chi connectivity index (χ0) is 26.1. The van der Waals surface area contributed by atoms with Gasteiger partial charge in [-0.25, -0.2) is 0 Å². The van der Waals surface area contributed by atoms with Gasteiger partial charge in [-0.1, -0.05) is 26.0 Å². The van der Waals surface area contributed by atoms with Gasteiger partial charge in [0.1, 0.15) is 17.5 Å². The van der Waals surface area contributed by atoms with Crippen LogP contribution in [0.2, 0.25) is 0 Å². The molecule has 0 fully saturated rings. The second-order valence-corrected chi connectivity index (χ2v) is 8.37. The van der Waals surface area contributed by atoms with Crippen molar-refractivity contribution >= 4 is 29.1 Å². The molecule has 0 saturated carbocycles. The third-order valence-electron chi connectivity index (χ3n) is 5.44. The van der Waals surface area contributed by atoms with Crippen molar-refractivity contribution in [3.63, 3.8) is 0 Å². The summed E-state index contributed by atoms with van der Waals surface area (Å²) in [6.45, 7) is 6.14. The van der Waals surface area contributed by atoms with E-state index in [1.165, 1.54) is 0 Å². The molecule has 0 radical (unpaired) electrons. The third kappa shape index (κ3) is 6.85. The van der Waals surface area contributed by atoms with Crippen LogP contribution in [0.5, 0.6) is 11.5 Å². The molecule has 3 amide bonds. The summed E-state index contributed by atoms with van der Waals surface area (Å²) in [6, 6.07) is 19.5. The number of hydrogen-bond acceptors (Lipinski definition) is 5. The fourth-order valence-corrected chi connectivity index (χ4v) is 3.50. The van der Waals surface area contributed by atoms with Gasteiger partial charge in [-0.3, -0.25) is 14.4 Å². The Morgan fingerprint density at radius 2 is 1.44 bits per heavy atom. The Hall–Kier alpha value is -4.33. The van der Waals surface area contributed by atoms with Crippen molar-refractivity contribution in [2.24, 2.45) is 5.92 Å². The van der Waals surface area contributed by atoms with Gasteiger partial charge in [0.15, 0.2) is 0 Å². The van der Waals surface area contributed by atoms with Gasteiger partial charge in [0.25, 0.3) is 11.8 Å². The number of anilines is 2. The van der Waals surface area contributed by atoms with Crippen molar-refractivity contribution in [1.29, 1.82) is 0 Å². The molecule has 3 aromatic carbocycles. The molecule has 3 rings (SSSR count). The first-order valence-electron chi connectivity index (χ1n) is 11.7.